The third-order valence-corrected chi connectivity index (χ3v) is 5.71. The van der Waals surface area contributed by atoms with Gasteiger partial charge in [-0.15, -0.1) is 0 Å². The smallest absolute Gasteiger partial charge is 0.422 e. The first-order chi connectivity index (χ1) is 10.8. The molecule has 0 aromatic heterocycles. The van der Waals surface area contributed by atoms with Crippen molar-refractivity contribution in [3.8, 4) is 0 Å². The second-order valence-corrected chi connectivity index (χ2v) is 8.81. The third-order valence-electron chi connectivity index (χ3n) is 3.93. The van der Waals surface area contributed by atoms with E-state index >= 15 is 0 Å². The molecule has 1 aliphatic carbocycles. The van der Waals surface area contributed by atoms with E-state index in [4.69, 9.17) is 0 Å². The monoisotopic (exact) mass is 365 g/mol. The quantitative estimate of drug-likeness (QED) is 0.654. The Morgan fingerprint density at radius 3 is 2.12 bits per heavy atom. The molecular weight excluding hydrogens is 338 g/mol. The molecule has 1 saturated carbocycles. The molecule has 3 atom stereocenters. The molecule has 0 heterocycles. The molecule has 1 aliphatic rings. The molecule has 0 aromatic carbocycles. The highest BCUT2D eigenvalue weighted by atomic mass is 32.2. The van der Waals surface area contributed by atoms with Crippen LogP contribution in [0.1, 0.15) is 40.0 Å². The van der Waals surface area contributed by atoms with Crippen LogP contribution in [0, 0.1) is 5.92 Å². The van der Waals surface area contributed by atoms with E-state index in [9.17, 15) is 28.2 Å². The fourth-order valence-electron chi connectivity index (χ4n) is 2.86. The molecule has 0 saturated heterocycles. The van der Waals surface area contributed by atoms with Gasteiger partial charge >= 0.3 is 16.3 Å². The van der Waals surface area contributed by atoms with Gasteiger partial charge in [-0.25, -0.2) is 4.79 Å². The van der Waals surface area contributed by atoms with E-state index < -0.39 is 39.9 Å². The van der Waals surface area contributed by atoms with Gasteiger partial charge in [-0.05, 0) is 40.0 Å². The highest BCUT2D eigenvalue weighted by Gasteiger charge is 2.41. The molecule has 2 amide bonds. The zero-order valence-electron chi connectivity index (χ0n) is 14.7. The summed E-state index contributed by atoms with van der Waals surface area (Å²) in [6.45, 7) is 4.36. The van der Waals surface area contributed by atoms with Crippen LogP contribution >= 0.6 is 0 Å². The van der Waals surface area contributed by atoms with E-state index in [0.717, 1.165) is 0 Å². The first-order valence-electron chi connectivity index (χ1n) is 7.72. The molecule has 3 N–H and O–H groups in total. The number of rotatable bonds is 4. The van der Waals surface area contributed by atoms with Gasteiger partial charge in [0.2, 0.25) is 5.91 Å². The van der Waals surface area contributed by atoms with Crippen molar-refractivity contribution in [1.29, 1.82) is 0 Å². The molecule has 10 heteroatoms. The highest BCUT2D eigenvalue weighted by molar-refractivity contribution is 7.87. The lowest BCUT2D eigenvalue weighted by Crippen LogP contribution is -2.58. The fraction of sp³-hybridized carbons (Fsp3) is 0.857. The maximum Gasteiger partial charge on any atom is 0.422 e. The minimum Gasteiger partial charge on any atom is -0.464 e. The Morgan fingerprint density at radius 2 is 1.71 bits per heavy atom. The van der Waals surface area contributed by atoms with Crippen LogP contribution < -0.4 is 4.72 Å². The zero-order chi connectivity index (χ0) is 18.9. The summed E-state index contributed by atoms with van der Waals surface area (Å²) in [5.41, 5.74) is -1.18. The van der Waals surface area contributed by atoms with Crippen LogP contribution in [0.25, 0.3) is 0 Å². The molecule has 140 valence electrons. The number of carbonyl (C=O) groups is 2. The summed E-state index contributed by atoms with van der Waals surface area (Å²) < 4.78 is 27.5. The number of carbonyl (C=O) groups excluding carboxylic acids is 1. The summed E-state index contributed by atoms with van der Waals surface area (Å²) in [6.07, 6.45) is -1.74. The number of nitrogens with zero attached hydrogens (tertiary/aromatic N) is 2. The number of aliphatic hydroxyl groups is 1. The van der Waals surface area contributed by atoms with Gasteiger partial charge in [0.15, 0.2) is 0 Å². The van der Waals surface area contributed by atoms with Crippen LogP contribution in [0.4, 0.5) is 4.79 Å². The fourth-order valence-corrected chi connectivity index (χ4v) is 4.53. The lowest BCUT2D eigenvalue weighted by molar-refractivity contribution is -0.135. The van der Waals surface area contributed by atoms with E-state index in [1.54, 1.807) is 14.1 Å². The first kappa shape index (κ1) is 20.7. The maximum absolute atomic E-state index is 12.5. The molecular formula is C14H27N3O6S. The highest BCUT2D eigenvalue weighted by Crippen LogP contribution is 2.27. The molecule has 0 unspecified atom stereocenters. The van der Waals surface area contributed by atoms with Gasteiger partial charge in [0.1, 0.15) is 0 Å². The van der Waals surface area contributed by atoms with Gasteiger partial charge < -0.3 is 15.1 Å². The van der Waals surface area contributed by atoms with Gasteiger partial charge in [0, 0.05) is 20.0 Å². The molecule has 1 rings (SSSR count). The average molecular weight is 365 g/mol. The summed E-state index contributed by atoms with van der Waals surface area (Å²) in [5.74, 6) is -0.555. The van der Waals surface area contributed by atoms with Crippen molar-refractivity contribution < 1.29 is 28.2 Å². The predicted molar refractivity (Wildman–Crippen MR) is 87.5 cm³/mol. The van der Waals surface area contributed by atoms with Crippen LogP contribution in [0.5, 0.6) is 0 Å². The zero-order valence-corrected chi connectivity index (χ0v) is 15.5. The minimum absolute atomic E-state index is 0.120. The van der Waals surface area contributed by atoms with Crippen molar-refractivity contribution in [2.45, 2.75) is 57.7 Å². The van der Waals surface area contributed by atoms with Crippen LogP contribution in [0.15, 0.2) is 0 Å². The van der Waals surface area contributed by atoms with Crippen molar-refractivity contribution in [3.63, 3.8) is 0 Å². The molecule has 1 fully saturated rings. The van der Waals surface area contributed by atoms with Crippen molar-refractivity contribution >= 4 is 22.2 Å². The van der Waals surface area contributed by atoms with Crippen molar-refractivity contribution in [2.24, 2.45) is 5.92 Å². The summed E-state index contributed by atoms with van der Waals surface area (Å²) in [4.78, 5) is 24.9. The SMILES string of the molecule is CN(C)C(=O)[C@H]1CC[C@@H](O)[C@H](NS(=O)(=O)N(C(=O)O)C(C)(C)C)C1. The number of hydrogen-bond donors (Lipinski definition) is 3. The van der Waals surface area contributed by atoms with Crippen molar-refractivity contribution in [2.75, 3.05) is 14.1 Å². The van der Waals surface area contributed by atoms with Gasteiger partial charge in [-0.1, -0.05) is 0 Å². The van der Waals surface area contributed by atoms with Gasteiger partial charge in [0.25, 0.3) is 0 Å². The largest absolute Gasteiger partial charge is 0.464 e. The van der Waals surface area contributed by atoms with E-state index in [2.05, 4.69) is 4.72 Å². The van der Waals surface area contributed by atoms with E-state index in [1.165, 1.54) is 25.7 Å². The molecule has 0 bridgehead atoms. The lowest BCUT2D eigenvalue weighted by atomic mass is 9.83. The molecule has 24 heavy (non-hydrogen) atoms. The Bertz CT molecular complexity index is 584. The molecule has 0 aromatic rings. The van der Waals surface area contributed by atoms with Crippen LogP contribution in [-0.4, -0.2) is 71.6 Å². The molecule has 9 nitrogen and oxygen atoms in total. The topological polar surface area (TPSA) is 127 Å². The average Bonchev–Trinajstić information content (AvgIpc) is 2.37. The standard InChI is InChI=1S/C14H27N3O6S/c1-14(2,3)17(13(20)21)24(22,23)15-10-8-9(6-7-11(10)18)12(19)16(4)5/h9-11,15,18H,6-8H2,1-5H3,(H,20,21)/t9-,10+,11+/m0/s1. The molecule has 0 radical (unpaired) electrons. The number of amides is 2. The Kier molecular flexibility index (Phi) is 6.23. The summed E-state index contributed by atoms with van der Waals surface area (Å²) in [6, 6.07) is -0.915. The molecule has 0 aliphatic heterocycles. The van der Waals surface area contributed by atoms with Crippen LogP contribution in [-0.2, 0) is 15.0 Å². The van der Waals surface area contributed by atoms with Crippen molar-refractivity contribution in [3.05, 3.63) is 0 Å². The molecule has 0 spiro atoms. The maximum atomic E-state index is 12.5. The first-order valence-corrected chi connectivity index (χ1v) is 9.16. The number of aliphatic hydroxyl groups excluding tert-OH is 1. The summed E-state index contributed by atoms with van der Waals surface area (Å²) in [7, 11) is -1.16. The van der Waals surface area contributed by atoms with Crippen molar-refractivity contribution in [1.82, 2.24) is 13.9 Å². The third kappa shape index (κ3) is 4.81. The van der Waals surface area contributed by atoms with Gasteiger partial charge in [-0.3, -0.25) is 4.79 Å². The van der Waals surface area contributed by atoms with Gasteiger partial charge in [-0.2, -0.15) is 17.4 Å². The second kappa shape index (κ2) is 7.24. The number of nitrogens with one attached hydrogen (secondary N) is 1. The van der Waals surface area contributed by atoms with Crippen LogP contribution in [0.3, 0.4) is 0 Å². The number of hydrogen-bond acceptors (Lipinski definition) is 5. The number of carboxylic acid groups (broad SMARTS) is 1. The van der Waals surface area contributed by atoms with E-state index in [-0.39, 0.29) is 18.7 Å². The minimum atomic E-state index is -4.38. The lowest BCUT2D eigenvalue weighted by Gasteiger charge is -2.37. The Labute approximate surface area is 142 Å². The Balaban J connectivity index is 2.99. The van der Waals surface area contributed by atoms with Gasteiger partial charge in [0.05, 0.1) is 17.7 Å². The Morgan fingerprint density at radius 1 is 1.17 bits per heavy atom. The summed E-state index contributed by atoms with van der Waals surface area (Å²) >= 11 is 0. The van der Waals surface area contributed by atoms with E-state index in [1.807, 2.05) is 0 Å². The van der Waals surface area contributed by atoms with E-state index in [0.29, 0.717) is 10.7 Å². The summed E-state index contributed by atoms with van der Waals surface area (Å²) in [5, 5.41) is 19.3. The van der Waals surface area contributed by atoms with Crippen LogP contribution in [0.2, 0.25) is 0 Å². The second-order valence-electron chi connectivity index (χ2n) is 7.26. The predicted octanol–water partition coefficient (Wildman–Crippen LogP) is 0.217. The Hall–Kier alpha value is -1.39. The normalized spacial score (nSPS) is 25.2.